The van der Waals surface area contributed by atoms with E-state index in [-0.39, 0.29) is 11.5 Å². The van der Waals surface area contributed by atoms with Gasteiger partial charge >= 0.3 is 13.3 Å². The van der Waals surface area contributed by atoms with Gasteiger partial charge in [-0.1, -0.05) is 6.07 Å². The second-order valence-corrected chi connectivity index (χ2v) is 7.92. The van der Waals surface area contributed by atoms with Crippen molar-refractivity contribution in [3.63, 3.8) is 0 Å². The van der Waals surface area contributed by atoms with Crippen LogP contribution in [-0.2, 0) is 21.2 Å². The monoisotopic (exact) mass is 435 g/mol. The molecule has 0 saturated carbocycles. The predicted molar refractivity (Wildman–Crippen MR) is 108 cm³/mol. The number of fused-ring (bicyclic) bond motifs is 1. The van der Waals surface area contributed by atoms with Crippen LogP contribution in [0.5, 0.6) is 0 Å². The van der Waals surface area contributed by atoms with Gasteiger partial charge in [0.05, 0.1) is 29.9 Å². The molecule has 0 spiro atoms. The highest BCUT2D eigenvalue weighted by atomic mass is 19.4. The molecule has 11 heteroatoms. The summed E-state index contributed by atoms with van der Waals surface area (Å²) in [6.45, 7) is 5.22. The number of rotatable bonds is 3. The minimum Gasteiger partial charge on any atom is -0.423 e. The van der Waals surface area contributed by atoms with Crippen LogP contribution in [0, 0.1) is 0 Å². The lowest BCUT2D eigenvalue weighted by Gasteiger charge is -2.28. The second kappa shape index (κ2) is 7.81. The van der Waals surface area contributed by atoms with Gasteiger partial charge in [-0.25, -0.2) is 4.98 Å². The van der Waals surface area contributed by atoms with Crippen molar-refractivity contribution in [1.82, 2.24) is 4.98 Å². The van der Waals surface area contributed by atoms with E-state index < -0.39 is 35.9 Å². The van der Waals surface area contributed by atoms with Crippen molar-refractivity contribution in [2.75, 3.05) is 36.5 Å². The van der Waals surface area contributed by atoms with Crippen molar-refractivity contribution in [3.05, 3.63) is 47.2 Å². The molecule has 2 aliphatic heterocycles. The molecule has 1 fully saturated rings. The Balaban J connectivity index is 1.62. The number of nitrogens with one attached hydrogen (secondary N) is 1. The Morgan fingerprint density at radius 1 is 1.26 bits per heavy atom. The van der Waals surface area contributed by atoms with Gasteiger partial charge in [-0.3, -0.25) is 4.79 Å². The third-order valence-corrected chi connectivity index (χ3v) is 5.41. The second-order valence-electron chi connectivity index (χ2n) is 7.92. The summed E-state index contributed by atoms with van der Waals surface area (Å²) in [6.07, 6.45) is -3.79. The Labute approximate surface area is 177 Å². The Morgan fingerprint density at radius 3 is 2.65 bits per heavy atom. The zero-order valence-electron chi connectivity index (χ0n) is 17.0. The van der Waals surface area contributed by atoms with Crippen molar-refractivity contribution >= 4 is 30.0 Å². The maximum Gasteiger partial charge on any atom is 0.492 e. The van der Waals surface area contributed by atoms with Crippen LogP contribution in [0.15, 0.2) is 30.5 Å². The first-order valence-electron chi connectivity index (χ1n) is 9.78. The fourth-order valence-corrected chi connectivity index (χ4v) is 3.82. The number of pyridine rings is 1. The van der Waals surface area contributed by atoms with Crippen LogP contribution in [0.1, 0.15) is 35.3 Å². The van der Waals surface area contributed by atoms with Crippen LogP contribution >= 0.6 is 0 Å². The Hall–Kier alpha value is -2.63. The highest BCUT2D eigenvalue weighted by molar-refractivity contribution is 6.62. The molecule has 164 valence electrons. The third-order valence-electron chi connectivity index (χ3n) is 5.41. The van der Waals surface area contributed by atoms with Crippen LogP contribution in [0.25, 0.3) is 0 Å². The molecule has 0 radical (unpaired) electrons. The zero-order valence-corrected chi connectivity index (χ0v) is 17.0. The van der Waals surface area contributed by atoms with Crippen LogP contribution in [0.3, 0.4) is 0 Å². The molecular formula is C20H21BF3N3O4. The lowest BCUT2D eigenvalue weighted by atomic mass is 9.78. The maximum absolute atomic E-state index is 13.7. The Kier molecular flexibility index (Phi) is 5.44. The van der Waals surface area contributed by atoms with Gasteiger partial charge in [0.2, 0.25) is 0 Å². The predicted octanol–water partition coefficient (Wildman–Crippen LogP) is 2.14. The Bertz CT molecular complexity index is 1010. The number of carbonyl (C=O) groups is 1. The molecule has 1 saturated heterocycles. The lowest BCUT2D eigenvalue weighted by Crippen LogP contribution is -2.37. The quantitative estimate of drug-likeness (QED) is 0.720. The van der Waals surface area contributed by atoms with Crippen molar-refractivity contribution in [2.24, 2.45) is 0 Å². The van der Waals surface area contributed by atoms with Gasteiger partial charge < -0.3 is 24.6 Å². The number of hydrogen-bond acceptors (Lipinski definition) is 6. The maximum atomic E-state index is 13.7. The van der Waals surface area contributed by atoms with Gasteiger partial charge in [0, 0.05) is 25.0 Å². The standard InChI is InChI=1S/C20H21BF3N3O4/c1-19(2)14-4-3-12(9-16(14)21(29)31-19)26-18(28)13-11-25-17(10-15(13)20(22,23)24)27-5-7-30-8-6-27/h3-4,9-11,29H,5-8H2,1-2H3,(H,26,28). The van der Waals surface area contributed by atoms with Gasteiger partial charge in [-0.2, -0.15) is 13.2 Å². The molecule has 2 aromatic rings. The molecule has 31 heavy (non-hydrogen) atoms. The van der Waals surface area contributed by atoms with Crippen molar-refractivity contribution in [1.29, 1.82) is 0 Å². The fraction of sp³-hybridized carbons (Fsp3) is 0.400. The molecule has 7 nitrogen and oxygen atoms in total. The summed E-state index contributed by atoms with van der Waals surface area (Å²) in [7, 11) is -1.18. The number of carbonyl (C=O) groups excluding carboxylic acids is 1. The molecule has 0 aliphatic carbocycles. The first-order chi connectivity index (χ1) is 14.6. The van der Waals surface area contributed by atoms with Gasteiger partial charge in [0.15, 0.2) is 0 Å². The topological polar surface area (TPSA) is 83.9 Å². The highest BCUT2D eigenvalue weighted by Gasteiger charge is 2.41. The summed E-state index contributed by atoms with van der Waals surface area (Å²) in [5, 5.41) is 12.6. The number of nitrogens with zero attached hydrogens (tertiary/aromatic N) is 2. The van der Waals surface area contributed by atoms with E-state index in [9.17, 15) is 23.0 Å². The first-order valence-corrected chi connectivity index (χ1v) is 9.78. The van der Waals surface area contributed by atoms with Crippen LogP contribution in [0.2, 0.25) is 0 Å². The third kappa shape index (κ3) is 4.25. The van der Waals surface area contributed by atoms with Gasteiger partial charge in [-0.05, 0) is 43.1 Å². The van der Waals surface area contributed by atoms with E-state index in [1.807, 2.05) is 0 Å². The largest absolute Gasteiger partial charge is 0.492 e. The molecule has 3 heterocycles. The Morgan fingerprint density at radius 2 is 1.97 bits per heavy atom. The number of aromatic nitrogens is 1. The van der Waals surface area contributed by atoms with E-state index in [0.29, 0.717) is 31.8 Å². The average Bonchev–Trinajstić information content (AvgIpc) is 2.95. The molecule has 1 amide bonds. The molecular weight excluding hydrogens is 414 g/mol. The number of hydrogen-bond donors (Lipinski definition) is 2. The van der Waals surface area contributed by atoms with Crippen LogP contribution < -0.4 is 15.7 Å². The number of amides is 1. The number of alkyl halides is 3. The first kappa shape index (κ1) is 21.6. The molecule has 4 rings (SSSR count). The van der Waals surface area contributed by atoms with Crippen molar-refractivity contribution in [2.45, 2.75) is 25.6 Å². The van der Waals surface area contributed by atoms with E-state index >= 15 is 0 Å². The van der Waals surface area contributed by atoms with Crippen molar-refractivity contribution in [3.8, 4) is 0 Å². The summed E-state index contributed by atoms with van der Waals surface area (Å²) in [5.41, 5.74) is -0.908. The van der Waals surface area contributed by atoms with Gasteiger partial charge in [0.1, 0.15) is 5.82 Å². The summed E-state index contributed by atoms with van der Waals surface area (Å²) in [5.74, 6) is -0.798. The highest BCUT2D eigenvalue weighted by Crippen LogP contribution is 2.35. The summed E-state index contributed by atoms with van der Waals surface area (Å²) < 4.78 is 51.8. The van der Waals surface area contributed by atoms with Crippen LogP contribution in [-0.4, -0.2) is 49.3 Å². The zero-order chi connectivity index (χ0) is 22.4. The minimum atomic E-state index is -4.73. The average molecular weight is 435 g/mol. The molecule has 0 atom stereocenters. The lowest BCUT2D eigenvalue weighted by molar-refractivity contribution is -0.137. The van der Waals surface area contributed by atoms with Crippen molar-refractivity contribution < 1.29 is 32.4 Å². The molecule has 2 aliphatic rings. The summed E-state index contributed by atoms with van der Waals surface area (Å²) in [6, 6.07) is 5.62. The summed E-state index contributed by atoms with van der Waals surface area (Å²) in [4.78, 5) is 18.5. The minimum absolute atomic E-state index is 0.146. The van der Waals surface area contributed by atoms with Crippen LogP contribution in [0.4, 0.5) is 24.7 Å². The number of ether oxygens (including phenoxy) is 1. The molecule has 0 unspecified atom stereocenters. The van der Waals surface area contributed by atoms with E-state index in [4.69, 9.17) is 9.39 Å². The number of benzene rings is 1. The molecule has 2 N–H and O–H groups in total. The number of anilines is 2. The normalized spacial score (nSPS) is 18.1. The van der Waals surface area contributed by atoms with E-state index in [1.165, 1.54) is 6.07 Å². The summed E-state index contributed by atoms with van der Waals surface area (Å²) >= 11 is 0. The van der Waals surface area contributed by atoms with E-state index in [2.05, 4.69) is 10.3 Å². The van der Waals surface area contributed by atoms with E-state index in [0.717, 1.165) is 17.8 Å². The van der Waals surface area contributed by atoms with Gasteiger partial charge in [-0.15, -0.1) is 0 Å². The molecule has 0 bridgehead atoms. The fourth-order valence-electron chi connectivity index (χ4n) is 3.82. The number of halogens is 3. The molecule has 1 aromatic heterocycles. The smallest absolute Gasteiger partial charge is 0.423 e. The SMILES string of the molecule is CC1(C)OB(O)c2cc(NC(=O)c3cnc(N4CCOCC4)cc3C(F)(F)F)ccc21. The van der Waals surface area contributed by atoms with Gasteiger partial charge in [0.25, 0.3) is 5.91 Å². The number of morpholine rings is 1. The molecule has 1 aromatic carbocycles. The van der Waals surface area contributed by atoms with E-state index in [1.54, 1.807) is 30.9 Å².